The van der Waals surface area contributed by atoms with E-state index < -0.39 is 9.84 Å². The van der Waals surface area contributed by atoms with Crippen molar-refractivity contribution < 1.29 is 13.2 Å². The average molecular weight is 308 g/mol. The van der Waals surface area contributed by atoms with E-state index in [0.717, 1.165) is 37.2 Å². The molecule has 1 aliphatic rings. The fraction of sp³-hybridized carbons (Fsp3) is 0.533. The third kappa shape index (κ3) is 2.96. The van der Waals surface area contributed by atoms with Gasteiger partial charge in [0, 0.05) is 19.3 Å². The number of rotatable bonds is 5. The molecule has 1 N–H and O–H groups in total. The minimum absolute atomic E-state index is 0.295. The highest BCUT2D eigenvalue weighted by molar-refractivity contribution is 7.91. The summed E-state index contributed by atoms with van der Waals surface area (Å²) in [5.74, 6) is 1.44. The van der Waals surface area contributed by atoms with Gasteiger partial charge in [0.05, 0.1) is 16.5 Å². The van der Waals surface area contributed by atoms with Crippen molar-refractivity contribution in [2.75, 3.05) is 12.9 Å². The second-order valence-electron chi connectivity index (χ2n) is 5.73. The van der Waals surface area contributed by atoms with Gasteiger partial charge in [-0.3, -0.25) is 0 Å². The molecule has 2 aromatic rings. The molecule has 0 saturated heterocycles. The fourth-order valence-electron chi connectivity index (χ4n) is 2.94. The largest absolute Gasteiger partial charge is 0.378 e. The summed E-state index contributed by atoms with van der Waals surface area (Å²) in [6.45, 7) is 2.78. The van der Waals surface area contributed by atoms with Gasteiger partial charge in [0.25, 0.3) is 0 Å². The van der Waals surface area contributed by atoms with Gasteiger partial charge in [-0.1, -0.05) is 6.07 Å². The van der Waals surface area contributed by atoms with Gasteiger partial charge in [-0.15, -0.1) is 0 Å². The van der Waals surface area contributed by atoms with Crippen LogP contribution in [0, 0.1) is 5.92 Å². The molecule has 21 heavy (non-hydrogen) atoms. The summed E-state index contributed by atoms with van der Waals surface area (Å²) < 4.78 is 29.1. The second kappa shape index (κ2) is 5.42. The standard InChI is InChI=1S/C15H20N2O3S/c1-3-20-11-7-10(8-11)9-14-16-12-5-4-6-13(15(12)17-14)21(2,18)19/h4-6,10-11H,3,7-9H2,1-2H3,(H,16,17). The molecule has 1 heterocycles. The predicted molar refractivity (Wildman–Crippen MR) is 81.0 cm³/mol. The van der Waals surface area contributed by atoms with Crippen LogP contribution in [0.25, 0.3) is 11.0 Å². The quantitative estimate of drug-likeness (QED) is 0.920. The molecule has 1 aromatic heterocycles. The molecule has 0 bridgehead atoms. The molecule has 114 valence electrons. The maximum absolute atomic E-state index is 11.8. The summed E-state index contributed by atoms with van der Waals surface area (Å²) in [6, 6.07) is 5.22. The molecule has 0 atom stereocenters. The van der Waals surface area contributed by atoms with Gasteiger partial charge >= 0.3 is 0 Å². The number of benzene rings is 1. The first-order chi connectivity index (χ1) is 9.97. The van der Waals surface area contributed by atoms with E-state index in [1.54, 1.807) is 12.1 Å². The van der Waals surface area contributed by atoms with E-state index in [9.17, 15) is 8.42 Å². The van der Waals surface area contributed by atoms with E-state index in [1.807, 2.05) is 13.0 Å². The number of hydrogen-bond donors (Lipinski definition) is 1. The zero-order chi connectivity index (χ0) is 15.0. The Labute approximate surface area is 124 Å². The highest BCUT2D eigenvalue weighted by atomic mass is 32.2. The van der Waals surface area contributed by atoms with Crippen molar-refractivity contribution in [3.05, 3.63) is 24.0 Å². The van der Waals surface area contributed by atoms with Crippen LogP contribution in [0.15, 0.2) is 23.1 Å². The number of aromatic amines is 1. The van der Waals surface area contributed by atoms with Gasteiger partial charge in [-0.2, -0.15) is 0 Å². The van der Waals surface area contributed by atoms with Gasteiger partial charge in [0.1, 0.15) is 11.3 Å². The van der Waals surface area contributed by atoms with Gasteiger partial charge in [-0.25, -0.2) is 13.4 Å². The summed E-state index contributed by atoms with van der Waals surface area (Å²) >= 11 is 0. The number of nitrogens with one attached hydrogen (secondary N) is 1. The zero-order valence-corrected chi connectivity index (χ0v) is 13.1. The Bertz CT molecular complexity index is 745. The Balaban J connectivity index is 1.79. The molecule has 1 saturated carbocycles. The van der Waals surface area contributed by atoms with Crippen molar-refractivity contribution in [2.24, 2.45) is 5.92 Å². The smallest absolute Gasteiger partial charge is 0.177 e. The lowest BCUT2D eigenvalue weighted by atomic mass is 9.80. The summed E-state index contributed by atoms with van der Waals surface area (Å²) in [5.41, 5.74) is 1.34. The summed E-state index contributed by atoms with van der Waals surface area (Å²) in [4.78, 5) is 8.03. The van der Waals surface area contributed by atoms with E-state index in [0.29, 0.717) is 22.4 Å². The number of sulfone groups is 1. The van der Waals surface area contributed by atoms with Gasteiger partial charge in [-0.05, 0) is 37.8 Å². The average Bonchev–Trinajstić information content (AvgIpc) is 2.77. The van der Waals surface area contributed by atoms with Crippen LogP contribution in [-0.4, -0.2) is 37.4 Å². The van der Waals surface area contributed by atoms with Crippen LogP contribution < -0.4 is 0 Å². The number of H-pyrrole nitrogens is 1. The maximum Gasteiger partial charge on any atom is 0.177 e. The van der Waals surface area contributed by atoms with Crippen LogP contribution in [0.4, 0.5) is 0 Å². The molecule has 0 unspecified atom stereocenters. The molecular formula is C15H20N2O3S. The predicted octanol–water partition coefficient (Wildman–Crippen LogP) is 2.32. The molecule has 0 spiro atoms. The first-order valence-electron chi connectivity index (χ1n) is 7.26. The van der Waals surface area contributed by atoms with Crippen molar-refractivity contribution in [3.8, 4) is 0 Å². The lowest BCUT2D eigenvalue weighted by molar-refractivity contribution is -0.0244. The fourth-order valence-corrected chi connectivity index (χ4v) is 3.77. The van der Waals surface area contributed by atoms with Crippen molar-refractivity contribution in [2.45, 2.75) is 37.2 Å². The highest BCUT2D eigenvalue weighted by Crippen LogP contribution is 2.33. The number of hydrogen-bond acceptors (Lipinski definition) is 4. The number of aromatic nitrogens is 2. The van der Waals surface area contributed by atoms with E-state index >= 15 is 0 Å². The first kappa shape index (κ1) is 14.5. The third-order valence-corrected chi connectivity index (χ3v) is 5.13. The first-order valence-corrected chi connectivity index (χ1v) is 9.15. The molecular weight excluding hydrogens is 288 g/mol. The number of nitrogens with zero attached hydrogens (tertiary/aromatic N) is 1. The van der Waals surface area contributed by atoms with Crippen LogP contribution in [0.2, 0.25) is 0 Å². The molecule has 5 nitrogen and oxygen atoms in total. The van der Waals surface area contributed by atoms with Gasteiger partial charge in [0.2, 0.25) is 0 Å². The number of fused-ring (bicyclic) bond motifs is 1. The van der Waals surface area contributed by atoms with Crippen LogP contribution in [-0.2, 0) is 21.0 Å². The Morgan fingerprint density at radius 3 is 2.81 bits per heavy atom. The Morgan fingerprint density at radius 1 is 1.38 bits per heavy atom. The van der Waals surface area contributed by atoms with Crippen LogP contribution in [0.5, 0.6) is 0 Å². The van der Waals surface area contributed by atoms with E-state index in [4.69, 9.17) is 4.74 Å². The Hall–Kier alpha value is -1.40. The SMILES string of the molecule is CCOC1CC(Cc2nc3c(S(C)(=O)=O)cccc3[nH]2)C1. The van der Waals surface area contributed by atoms with Crippen molar-refractivity contribution >= 4 is 20.9 Å². The van der Waals surface area contributed by atoms with E-state index in [1.165, 1.54) is 6.26 Å². The molecule has 1 fully saturated rings. The Morgan fingerprint density at radius 2 is 2.14 bits per heavy atom. The number of ether oxygens (including phenoxy) is 1. The summed E-state index contributed by atoms with van der Waals surface area (Å²) in [5, 5.41) is 0. The van der Waals surface area contributed by atoms with E-state index in [2.05, 4.69) is 9.97 Å². The third-order valence-electron chi connectivity index (χ3n) is 4.00. The summed E-state index contributed by atoms with van der Waals surface area (Å²) in [6.07, 6.45) is 4.57. The van der Waals surface area contributed by atoms with Crippen molar-refractivity contribution in [1.82, 2.24) is 9.97 Å². The molecule has 6 heteroatoms. The zero-order valence-electron chi connectivity index (χ0n) is 12.3. The van der Waals surface area contributed by atoms with Crippen LogP contribution in [0.1, 0.15) is 25.6 Å². The summed E-state index contributed by atoms with van der Waals surface area (Å²) in [7, 11) is -3.25. The van der Waals surface area contributed by atoms with Gasteiger partial charge < -0.3 is 9.72 Å². The van der Waals surface area contributed by atoms with Crippen molar-refractivity contribution in [1.29, 1.82) is 0 Å². The lowest BCUT2D eigenvalue weighted by Crippen LogP contribution is -2.32. The molecule has 3 rings (SSSR count). The van der Waals surface area contributed by atoms with E-state index in [-0.39, 0.29) is 0 Å². The van der Waals surface area contributed by atoms with Crippen LogP contribution in [0.3, 0.4) is 0 Å². The van der Waals surface area contributed by atoms with Crippen LogP contribution >= 0.6 is 0 Å². The molecule has 0 aliphatic heterocycles. The normalized spacial score (nSPS) is 22.4. The minimum Gasteiger partial charge on any atom is -0.378 e. The maximum atomic E-state index is 11.8. The monoisotopic (exact) mass is 308 g/mol. The molecule has 1 aliphatic carbocycles. The number of imidazole rings is 1. The van der Waals surface area contributed by atoms with Gasteiger partial charge in [0.15, 0.2) is 9.84 Å². The topological polar surface area (TPSA) is 72.0 Å². The lowest BCUT2D eigenvalue weighted by Gasteiger charge is -2.34. The Kier molecular flexibility index (Phi) is 3.75. The highest BCUT2D eigenvalue weighted by Gasteiger charge is 2.30. The number of para-hydroxylation sites is 1. The van der Waals surface area contributed by atoms with Crippen molar-refractivity contribution in [3.63, 3.8) is 0 Å². The molecule has 0 amide bonds. The second-order valence-corrected chi connectivity index (χ2v) is 7.71. The molecule has 0 radical (unpaired) electrons. The minimum atomic E-state index is -3.25. The molecule has 1 aromatic carbocycles.